The summed E-state index contributed by atoms with van der Waals surface area (Å²) in [5.74, 6) is -0.0870. The van der Waals surface area contributed by atoms with Gasteiger partial charge in [0.05, 0.1) is 11.8 Å². The van der Waals surface area contributed by atoms with Gasteiger partial charge in [0.2, 0.25) is 0 Å². The lowest BCUT2D eigenvalue weighted by atomic mass is 9.47. The van der Waals surface area contributed by atoms with Crippen LogP contribution in [0.1, 0.15) is 71.6 Å². The molecular formula is C24H33F6NO3. The Kier molecular flexibility index (Phi) is 6.16. The minimum absolute atomic E-state index is 0.0675. The van der Waals surface area contributed by atoms with Gasteiger partial charge in [-0.3, -0.25) is 0 Å². The van der Waals surface area contributed by atoms with Crippen molar-refractivity contribution in [2.24, 2.45) is 39.7 Å². The van der Waals surface area contributed by atoms with Crippen LogP contribution in [0.5, 0.6) is 0 Å². The summed E-state index contributed by atoms with van der Waals surface area (Å²) in [6.07, 6.45) is -8.07. The summed E-state index contributed by atoms with van der Waals surface area (Å²) in [7, 11) is 0. The average molecular weight is 498 g/mol. The second-order valence-electron chi connectivity index (χ2n) is 11.5. The van der Waals surface area contributed by atoms with E-state index in [0.29, 0.717) is 38.0 Å². The minimum atomic E-state index is -5.93. The van der Waals surface area contributed by atoms with Crippen LogP contribution in [0.4, 0.5) is 26.3 Å². The third-order valence-corrected chi connectivity index (χ3v) is 10.1. The van der Waals surface area contributed by atoms with E-state index >= 15 is 0 Å². The predicted molar refractivity (Wildman–Crippen MR) is 112 cm³/mol. The average Bonchev–Trinajstić information content (AvgIpc) is 3.08. The van der Waals surface area contributed by atoms with Gasteiger partial charge in [-0.1, -0.05) is 30.7 Å². The van der Waals surface area contributed by atoms with Crippen molar-refractivity contribution in [3.8, 4) is 0 Å². The van der Waals surface area contributed by atoms with Crippen LogP contribution in [0.3, 0.4) is 0 Å². The number of aliphatic hydroxyl groups excluding tert-OH is 1. The van der Waals surface area contributed by atoms with Crippen molar-refractivity contribution in [3.63, 3.8) is 0 Å². The zero-order chi connectivity index (χ0) is 25.3. The molecular weight excluding hydrogens is 464 g/mol. The third kappa shape index (κ3) is 3.69. The molecule has 0 amide bonds. The first kappa shape index (κ1) is 25.8. The van der Waals surface area contributed by atoms with E-state index < -0.39 is 41.8 Å². The molecule has 0 aromatic rings. The van der Waals surface area contributed by atoms with E-state index in [1.807, 2.05) is 6.92 Å². The maximum Gasteiger partial charge on any atom is 0.426 e. The van der Waals surface area contributed by atoms with Gasteiger partial charge < -0.3 is 15.4 Å². The van der Waals surface area contributed by atoms with E-state index in [-0.39, 0.29) is 17.3 Å². The van der Waals surface area contributed by atoms with E-state index in [0.717, 1.165) is 25.0 Å². The molecule has 0 aliphatic heterocycles. The largest absolute Gasteiger partial charge is 0.426 e. The standard InChI is InChI=1S/C24H33F6NO3/c1-20-9-7-14(31-34)11-13(20)3-4-15-16-5-6-18(21(16,2)10-8-17(15)20)19(32)12-22(33,23(25,26)27)24(28,29)30/h3,15-19,32-34H,4-12H2,1-2H3/t15-,16-,17-,18+,19-,20-,21-/m0/s1. The van der Waals surface area contributed by atoms with E-state index in [1.54, 1.807) is 0 Å². The van der Waals surface area contributed by atoms with Gasteiger partial charge >= 0.3 is 12.4 Å². The number of rotatable bonds is 3. The van der Waals surface area contributed by atoms with Crippen molar-refractivity contribution in [3.05, 3.63) is 11.6 Å². The van der Waals surface area contributed by atoms with Crippen LogP contribution in [0, 0.1) is 34.5 Å². The van der Waals surface area contributed by atoms with Crippen LogP contribution in [0.15, 0.2) is 16.8 Å². The van der Waals surface area contributed by atoms with Gasteiger partial charge in [-0.2, -0.15) is 26.3 Å². The highest BCUT2D eigenvalue weighted by Gasteiger charge is 2.71. The number of hydrogen-bond donors (Lipinski definition) is 3. The minimum Gasteiger partial charge on any atom is -0.411 e. The molecule has 10 heteroatoms. The van der Waals surface area contributed by atoms with E-state index in [9.17, 15) is 41.8 Å². The number of oxime groups is 1. The maximum atomic E-state index is 13.2. The summed E-state index contributed by atoms with van der Waals surface area (Å²) < 4.78 is 79.4. The van der Waals surface area contributed by atoms with Crippen LogP contribution >= 0.6 is 0 Å². The molecule has 0 saturated heterocycles. The van der Waals surface area contributed by atoms with Crippen LogP contribution in [0.2, 0.25) is 0 Å². The number of hydrogen-bond acceptors (Lipinski definition) is 4. The highest BCUT2D eigenvalue weighted by molar-refractivity contribution is 5.87. The van der Waals surface area contributed by atoms with E-state index in [2.05, 4.69) is 18.2 Å². The highest BCUT2D eigenvalue weighted by Crippen LogP contribution is 2.67. The van der Waals surface area contributed by atoms with Crippen LogP contribution in [-0.4, -0.2) is 45.2 Å². The molecule has 0 heterocycles. The number of nitrogens with zero attached hydrogens (tertiary/aromatic N) is 1. The number of aliphatic hydroxyl groups is 2. The lowest BCUT2D eigenvalue weighted by molar-refractivity contribution is -0.375. The molecule has 0 spiro atoms. The molecule has 34 heavy (non-hydrogen) atoms. The van der Waals surface area contributed by atoms with Crippen LogP contribution in [0.25, 0.3) is 0 Å². The molecule has 4 aliphatic rings. The van der Waals surface area contributed by atoms with Gasteiger partial charge in [-0.05, 0) is 79.4 Å². The molecule has 3 fully saturated rings. The fourth-order valence-corrected chi connectivity index (χ4v) is 8.08. The molecule has 7 atom stereocenters. The number of fused-ring (bicyclic) bond motifs is 5. The first-order valence-corrected chi connectivity index (χ1v) is 12.0. The van der Waals surface area contributed by atoms with Crippen molar-refractivity contribution < 1.29 is 41.8 Å². The van der Waals surface area contributed by atoms with Gasteiger partial charge in [-0.15, -0.1) is 0 Å². The van der Waals surface area contributed by atoms with E-state index in [1.165, 1.54) is 5.57 Å². The Bertz CT molecular complexity index is 854. The second-order valence-corrected chi connectivity index (χ2v) is 11.5. The Labute approximate surface area is 195 Å². The number of allylic oxidation sites excluding steroid dienone is 2. The Hall–Kier alpha value is -1.29. The summed E-state index contributed by atoms with van der Waals surface area (Å²) in [4.78, 5) is 0. The first-order chi connectivity index (χ1) is 15.6. The van der Waals surface area contributed by atoms with E-state index in [4.69, 9.17) is 0 Å². The van der Waals surface area contributed by atoms with Crippen molar-refractivity contribution in [1.82, 2.24) is 0 Å². The number of halogens is 6. The lowest BCUT2D eigenvalue weighted by Gasteiger charge is -2.58. The molecule has 0 unspecified atom stereocenters. The molecule has 0 aromatic carbocycles. The summed E-state index contributed by atoms with van der Waals surface area (Å²) in [5.41, 5.74) is -3.58. The molecule has 3 saturated carbocycles. The lowest BCUT2D eigenvalue weighted by Crippen LogP contribution is -2.59. The smallest absolute Gasteiger partial charge is 0.411 e. The van der Waals surface area contributed by atoms with Crippen molar-refractivity contribution >= 4 is 5.71 Å². The molecule has 0 bridgehead atoms. The molecule has 4 rings (SSSR count). The third-order valence-electron chi connectivity index (χ3n) is 10.1. The molecule has 4 nitrogen and oxygen atoms in total. The number of alkyl halides is 6. The van der Waals surface area contributed by atoms with Gasteiger partial charge in [0.1, 0.15) is 0 Å². The normalized spacial score (nSPS) is 40.9. The fraction of sp³-hybridized carbons (Fsp3) is 0.875. The van der Waals surface area contributed by atoms with Gasteiger partial charge in [-0.25, -0.2) is 0 Å². The molecule has 3 N–H and O–H groups in total. The zero-order valence-electron chi connectivity index (χ0n) is 19.4. The fourth-order valence-electron chi connectivity index (χ4n) is 8.08. The zero-order valence-corrected chi connectivity index (χ0v) is 19.4. The Balaban J connectivity index is 1.57. The maximum absolute atomic E-state index is 13.2. The molecule has 194 valence electrons. The predicted octanol–water partition coefficient (Wildman–Crippen LogP) is 6.00. The molecule has 0 aromatic heterocycles. The van der Waals surface area contributed by atoms with Gasteiger partial charge in [0, 0.05) is 12.8 Å². The molecule has 4 aliphatic carbocycles. The summed E-state index contributed by atoms with van der Waals surface area (Å²) >= 11 is 0. The van der Waals surface area contributed by atoms with Gasteiger partial charge in [0.15, 0.2) is 0 Å². The summed E-state index contributed by atoms with van der Waals surface area (Å²) in [6, 6.07) is 0. The Morgan fingerprint density at radius 1 is 1.03 bits per heavy atom. The topological polar surface area (TPSA) is 73.1 Å². The summed E-state index contributed by atoms with van der Waals surface area (Å²) in [6.45, 7) is 4.12. The monoisotopic (exact) mass is 497 g/mol. The Morgan fingerprint density at radius 2 is 1.68 bits per heavy atom. The highest BCUT2D eigenvalue weighted by atomic mass is 19.4. The van der Waals surface area contributed by atoms with Crippen LogP contribution in [-0.2, 0) is 0 Å². The SMILES string of the molecule is C[C@]12CC[C@H]3[C@@H](CC=C4CC(=NO)CC[C@@]43C)[C@@H]1CC[C@@H]2[C@@H](O)CC(O)(C(F)(F)F)C(F)(F)F. The van der Waals surface area contributed by atoms with Crippen molar-refractivity contribution in [2.75, 3.05) is 0 Å². The van der Waals surface area contributed by atoms with Crippen molar-refractivity contribution in [2.45, 2.75) is 95.7 Å². The summed E-state index contributed by atoms with van der Waals surface area (Å²) in [5, 5.41) is 32.9. The van der Waals surface area contributed by atoms with Crippen LogP contribution < -0.4 is 0 Å². The van der Waals surface area contributed by atoms with Crippen molar-refractivity contribution in [1.29, 1.82) is 0 Å². The quantitative estimate of drug-likeness (QED) is 0.194. The Morgan fingerprint density at radius 3 is 2.26 bits per heavy atom. The molecule has 0 radical (unpaired) electrons. The van der Waals surface area contributed by atoms with Gasteiger partial charge in [0.25, 0.3) is 5.60 Å². The second kappa shape index (κ2) is 8.11. The first-order valence-electron chi connectivity index (χ1n) is 12.0.